The molecule has 1 N–H and O–H groups in total. The van der Waals surface area contributed by atoms with Crippen LogP contribution in [0.5, 0.6) is 5.75 Å². The van der Waals surface area contributed by atoms with Gasteiger partial charge >= 0.3 is 5.97 Å². The van der Waals surface area contributed by atoms with Crippen LogP contribution >= 0.6 is 0 Å². The number of benzene rings is 1. The Bertz CT molecular complexity index is 565. The third-order valence-electron chi connectivity index (χ3n) is 3.65. The van der Waals surface area contributed by atoms with Crippen LogP contribution in [0.3, 0.4) is 0 Å². The molecule has 0 radical (unpaired) electrons. The maximum absolute atomic E-state index is 12.1. The van der Waals surface area contributed by atoms with Gasteiger partial charge in [-0.25, -0.2) is 0 Å². The van der Waals surface area contributed by atoms with Gasteiger partial charge in [-0.15, -0.1) is 0 Å². The molecule has 1 aromatic rings. The first-order chi connectivity index (χ1) is 11.1. The van der Waals surface area contributed by atoms with Gasteiger partial charge in [-0.3, -0.25) is 9.59 Å². The highest BCUT2D eigenvalue weighted by Crippen LogP contribution is 2.21. The number of anilines is 1. The summed E-state index contributed by atoms with van der Waals surface area (Å²) >= 11 is 0. The van der Waals surface area contributed by atoms with Crippen molar-refractivity contribution in [3.8, 4) is 5.75 Å². The molecule has 0 fully saturated rings. The van der Waals surface area contributed by atoms with E-state index in [4.69, 9.17) is 9.47 Å². The van der Waals surface area contributed by atoms with E-state index in [0.717, 1.165) is 18.6 Å². The Kier molecular flexibility index (Phi) is 6.20. The summed E-state index contributed by atoms with van der Waals surface area (Å²) in [7, 11) is 0. The fourth-order valence-corrected chi connectivity index (χ4v) is 2.42. The largest absolute Gasteiger partial charge is 0.494 e. The second kappa shape index (κ2) is 8.36. The highest BCUT2D eigenvalue weighted by Gasteiger charge is 2.21. The lowest BCUT2D eigenvalue weighted by atomic mass is 10.1. The average molecular weight is 317 g/mol. The van der Waals surface area contributed by atoms with Gasteiger partial charge in [0.1, 0.15) is 5.75 Å². The molecule has 1 amide bonds. The average Bonchev–Trinajstić information content (AvgIpc) is 3.02. The molecule has 124 valence electrons. The van der Waals surface area contributed by atoms with Gasteiger partial charge in [0.05, 0.1) is 13.0 Å². The molecule has 0 aromatic heterocycles. The van der Waals surface area contributed by atoms with E-state index in [1.54, 1.807) is 31.2 Å². The SMILES string of the molecule is CCOc1ccc(NC(=O)[C@H](C)OC(=O)C[C@H]2C=CCC2)cc1. The van der Waals surface area contributed by atoms with E-state index in [1.165, 1.54) is 0 Å². The number of esters is 1. The molecule has 2 atom stereocenters. The Balaban J connectivity index is 1.79. The zero-order valence-electron chi connectivity index (χ0n) is 13.6. The minimum atomic E-state index is -0.820. The van der Waals surface area contributed by atoms with Crippen LogP contribution in [0.1, 0.15) is 33.1 Å². The highest BCUT2D eigenvalue weighted by molar-refractivity contribution is 5.95. The summed E-state index contributed by atoms with van der Waals surface area (Å²) in [5.74, 6) is 0.304. The third kappa shape index (κ3) is 5.43. The Morgan fingerprint density at radius 2 is 2.04 bits per heavy atom. The predicted molar refractivity (Wildman–Crippen MR) is 88.3 cm³/mol. The summed E-state index contributed by atoms with van der Waals surface area (Å²) in [6.45, 7) is 4.08. The lowest BCUT2D eigenvalue weighted by molar-refractivity contribution is -0.153. The summed E-state index contributed by atoms with van der Waals surface area (Å²) in [6.07, 6.45) is 5.59. The van der Waals surface area contributed by atoms with Crippen molar-refractivity contribution >= 4 is 17.6 Å². The molecule has 0 spiro atoms. The Labute approximate surface area is 136 Å². The molecule has 2 rings (SSSR count). The second-order valence-corrected chi connectivity index (χ2v) is 5.55. The van der Waals surface area contributed by atoms with Gasteiger partial charge in [-0.05, 0) is 56.9 Å². The number of rotatable bonds is 7. The summed E-state index contributed by atoms with van der Waals surface area (Å²) in [4.78, 5) is 23.9. The minimum absolute atomic E-state index is 0.240. The third-order valence-corrected chi connectivity index (χ3v) is 3.65. The molecule has 23 heavy (non-hydrogen) atoms. The molecule has 1 aliphatic rings. The molecule has 0 saturated carbocycles. The first-order valence-corrected chi connectivity index (χ1v) is 7.98. The zero-order chi connectivity index (χ0) is 16.7. The molecule has 5 nitrogen and oxygen atoms in total. The van der Waals surface area contributed by atoms with Crippen LogP contribution in [0.25, 0.3) is 0 Å². The van der Waals surface area contributed by atoms with Crippen molar-refractivity contribution in [2.24, 2.45) is 5.92 Å². The summed E-state index contributed by atoms with van der Waals surface area (Å²) in [5.41, 5.74) is 0.639. The number of allylic oxidation sites excluding steroid dienone is 2. The summed E-state index contributed by atoms with van der Waals surface area (Å²) < 4.78 is 10.5. The van der Waals surface area contributed by atoms with Crippen molar-refractivity contribution < 1.29 is 19.1 Å². The fraction of sp³-hybridized carbons (Fsp3) is 0.444. The van der Waals surface area contributed by atoms with Crippen LogP contribution in [-0.4, -0.2) is 24.6 Å². The van der Waals surface area contributed by atoms with Crippen molar-refractivity contribution in [3.63, 3.8) is 0 Å². The molecular formula is C18H23NO4. The molecule has 5 heteroatoms. The molecule has 0 aliphatic heterocycles. The van der Waals surface area contributed by atoms with Crippen LogP contribution < -0.4 is 10.1 Å². The molecular weight excluding hydrogens is 294 g/mol. The van der Waals surface area contributed by atoms with Crippen LogP contribution in [0.15, 0.2) is 36.4 Å². The number of hydrogen-bond donors (Lipinski definition) is 1. The van der Waals surface area contributed by atoms with E-state index < -0.39 is 6.10 Å². The number of amides is 1. The van der Waals surface area contributed by atoms with Crippen LogP contribution in [0.2, 0.25) is 0 Å². The fourth-order valence-electron chi connectivity index (χ4n) is 2.42. The van der Waals surface area contributed by atoms with Crippen LogP contribution in [0.4, 0.5) is 5.69 Å². The van der Waals surface area contributed by atoms with Gasteiger partial charge in [-0.2, -0.15) is 0 Å². The normalized spacial score (nSPS) is 17.6. The quantitative estimate of drug-likeness (QED) is 0.619. The standard InChI is InChI=1S/C18H23NO4/c1-3-22-16-10-8-15(9-11-16)19-18(21)13(2)23-17(20)12-14-6-4-5-7-14/h4,6,8-11,13-14H,3,5,7,12H2,1-2H3,(H,19,21)/t13-,14-/m0/s1. The van der Waals surface area contributed by atoms with E-state index in [9.17, 15) is 9.59 Å². The van der Waals surface area contributed by atoms with Gasteiger partial charge in [0.25, 0.3) is 5.91 Å². The number of ether oxygens (including phenoxy) is 2. The lowest BCUT2D eigenvalue weighted by Gasteiger charge is -2.15. The number of carbonyl (C=O) groups excluding carboxylic acids is 2. The zero-order valence-corrected chi connectivity index (χ0v) is 13.6. The molecule has 0 unspecified atom stereocenters. The van der Waals surface area contributed by atoms with Gasteiger partial charge in [0.2, 0.25) is 0 Å². The van der Waals surface area contributed by atoms with E-state index in [-0.39, 0.29) is 17.8 Å². The van der Waals surface area contributed by atoms with E-state index in [0.29, 0.717) is 18.7 Å². The first-order valence-electron chi connectivity index (χ1n) is 7.98. The molecule has 0 saturated heterocycles. The van der Waals surface area contributed by atoms with Gasteiger partial charge in [-0.1, -0.05) is 12.2 Å². The van der Waals surface area contributed by atoms with E-state index >= 15 is 0 Å². The predicted octanol–water partition coefficient (Wildman–Crippen LogP) is 3.31. The number of carbonyl (C=O) groups is 2. The summed E-state index contributed by atoms with van der Waals surface area (Å²) in [5, 5.41) is 2.72. The first kappa shape index (κ1) is 17.1. The molecule has 0 heterocycles. The topological polar surface area (TPSA) is 64.6 Å². The monoisotopic (exact) mass is 317 g/mol. The van der Waals surface area contributed by atoms with Crippen LogP contribution in [-0.2, 0) is 14.3 Å². The number of nitrogens with one attached hydrogen (secondary N) is 1. The van der Waals surface area contributed by atoms with Crippen molar-refractivity contribution in [1.29, 1.82) is 0 Å². The van der Waals surface area contributed by atoms with Crippen molar-refractivity contribution in [2.45, 2.75) is 39.2 Å². The lowest BCUT2D eigenvalue weighted by Crippen LogP contribution is -2.30. The van der Waals surface area contributed by atoms with E-state index in [1.807, 2.05) is 13.0 Å². The Morgan fingerprint density at radius 3 is 2.65 bits per heavy atom. The minimum Gasteiger partial charge on any atom is -0.494 e. The van der Waals surface area contributed by atoms with Gasteiger partial charge in [0.15, 0.2) is 6.10 Å². The molecule has 0 bridgehead atoms. The van der Waals surface area contributed by atoms with Crippen LogP contribution in [0, 0.1) is 5.92 Å². The summed E-state index contributed by atoms with van der Waals surface area (Å²) in [6, 6.07) is 7.06. The van der Waals surface area contributed by atoms with Crippen molar-refractivity contribution in [3.05, 3.63) is 36.4 Å². The van der Waals surface area contributed by atoms with Gasteiger partial charge < -0.3 is 14.8 Å². The molecule has 1 aromatic carbocycles. The smallest absolute Gasteiger partial charge is 0.307 e. The Hall–Kier alpha value is -2.30. The second-order valence-electron chi connectivity index (χ2n) is 5.55. The maximum Gasteiger partial charge on any atom is 0.307 e. The maximum atomic E-state index is 12.1. The number of hydrogen-bond acceptors (Lipinski definition) is 4. The van der Waals surface area contributed by atoms with Gasteiger partial charge in [0, 0.05) is 5.69 Å². The van der Waals surface area contributed by atoms with E-state index in [2.05, 4.69) is 11.4 Å². The van der Waals surface area contributed by atoms with Crippen molar-refractivity contribution in [2.75, 3.05) is 11.9 Å². The molecule has 1 aliphatic carbocycles. The highest BCUT2D eigenvalue weighted by atomic mass is 16.5. The van der Waals surface area contributed by atoms with Crippen molar-refractivity contribution in [1.82, 2.24) is 0 Å². The Morgan fingerprint density at radius 1 is 1.30 bits per heavy atom.